The van der Waals surface area contributed by atoms with Crippen LogP contribution in [0.25, 0.3) is 0 Å². The molecule has 19 heavy (non-hydrogen) atoms. The summed E-state index contributed by atoms with van der Waals surface area (Å²) in [6, 6.07) is 2.84. The molecule has 1 unspecified atom stereocenters. The van der Waals surface area contributed by atoms with Crippen molar-refractivity contribution in [2.75, 3.05) is 18.9 Å². The van der Waals surface area contributed by atoms with E-state index in [0.29, 0.717) is 17.8 Å². The fourth-order valence-electron chi connectivity index (χ4n) is 1.80. The molecule has 0 spiro atoms. The summed E-state index contributed by atoms with van der Waals surface area (Å²) in [5, 5.41) is 11.5. The van der Waals surface area contributed by atoms with Crippen LogP contribution >= 0.6 is 0 Å². The molecule has 0 bridgehead atoms. The Kier molecular flexibility index (Phi) is 5.76. The molecule has 4 nitrogen and oxygen atoms in total. The second-order valence-corrected chi connectivity index (χ2v) is 4.89. The maximum absolute atomic E-state index is 13.8. The van der Waals surface area contributed by atoms with E-state index in [9.17, 15) is 9.18 Å². The Morgan fingerprint density at radius 3 is 2.84 bits per heavy atom. The zero-order valence-corrected chi connectivity index (χ0v) is 11.4. The van der Waals surface area contributed by atoms with Crippen LogP contribution < -0.4 is 11.1 Å². The van der Waals surface area contributed by atoms with Crippen LogP contribution in [0.4, 0.5) is 10.1 Å². The highest BCUT2D eigenvalue weighted by Gasteiger charge is 2.14. The van der Waals surface area contributed by atoms with Crippen LogP contribution in [0.3, 0.4) is 0 Å². The molecule has 1 aromatic carbocycles. The smallest absolute Gasteiger partial charge is 0.254 e. The van der Waals surface area contributed by atoms with E-state index in [0.717, 1.165) is 12.8 Å². The van der Waals surface area contributed by atoms with E-state index in [1.807, 2.05) is 6.92 Å². The number of carbonyl (C=O) groups excluding carboxylic acids is 1. The molecule has 1 amide bonds. The Morgan fingerprint density at radius 2 is 2.21 bits per heavy atom. The predicted molar refractivity (Wildman–Crippen MR) is 73.4 cm³/mol. The van der Waals surface area contributed by atoms with Crippen molar-refractivity contribution in [2.24, 2.45) is 5.92 Å². The van der Waals surface area contributed by atoms with Gasteiger partial charge < -0.3 is 16.2 Å². The van der Waals surface area contributed by atoms with Gasteiger partial charge in [-0.3, -0.25) is 4.79 Å². The number of nitrogens with one attached hydrogen (secondary N) is 1. The number of hydrogen-bond acceptors (Lipinski definition) is 3. The molecule has 1 atom stereocenters. The summed E-state index contributed by atoms with van der Waals surface area (Å²) in [5.74, 6) is -0.775. The molecule has 1 rings (SSSR count). The molecule has 4 N–H and O–H groups in total. The van der Waals surface area contributed by atoms with Crippen molar-refractivity contribution in [2.45, 2.75) is 26.7 Å². The van der Waals surface area contributed by atoms with Crippen molar-refractivity contribution >= 4 is 11.6 Å². The first-order valence-corrected chi connectivity index (χ1v) is 6.40. The zero-order valence-electron chi connectivity index (χ0n) is 11.4. The summed E-state index contributed by atoms with van der Waals surface area (Å²) >= 11 is 0. The number of carbonyl (C=O) groups is 1. The van der Waals surface area contributed by atoms with Crippen molar-refractivity contribution in [3.05, 3.63) is 29.1 Å². The number of halogens is 1. The van der Waals surface area contributed by atoms with E-state index in [2.05, 4.69) is 5.32 Å². The van der Waals surface area contributed by atoms with Gasteiger partial charge >= 0.3 is 0 Å². The Bertz CT molecular complexity index is 449. The Morgan fingerprint density at radius 1 is 1.53 bits per heavy atom. The molecule has 0 fully saturated rings. The highest BCUT2D eigenvalue weighted by atomic mass is 19.1. The Labute approximate surface area is 112 Å². The van der Waals surface area contributed by atoms with Crippen LogP contribution in [0.1, 0.15) is 35.7 Å². The topological polar surface area (TPSA) is 75.4 Å². The summed E-state index contributed by atoms with van der Waals surface area (Å²) in [6.45, 7) is 4.10. The number of nitrogens with two attached hydrogens (primary N) is 1. The molecular weight excluding hydrogens is 247 g/mol. The molecule has 0 saturated heterocycles. The lowest BCUT2D eigenvalue weighted by atomic mass is 10.1. The molecule has 0 heterocycles. The monoisotopic (exact) mass is 268 g/mol. The largest absolute Gasteiger partial charge is 0.399 e. The van der Waals surface area contributed by atoms with Gasteiger partial charge in [0.1, 0.15) is 5.82 Å². The fourth-order valence-corrected chi connectivity index (χ4v) is 1.80. The van der Waals surface area contributed by atoms with E-state index in [1.54, 1.807) is 6.92 Å². The number of aryl methyl sites for hydroxylation is 1. The molecular formula is C14H21FN2O2. The first-order chi connectivity index (χ1) is 8.95. The number of anilines is 1. The number of benzene rings is 1. The first-order valence-electron chi connectivity index (χ1n) is 6.40. The van der Waals surface area contributed by atoms with Crippen LogP contribution in [-0.2, 0) is 0 Å². The number of amides is 1. The molecule has 0 radical (unpaired) electrons. The third-order valence-electron chi connectivity index (χ3n) is 2.99. The normalized spacial score (nSPS) is 12.2. The van der Waals surface area contributed by atoms with E-state index >= 15 is 0 Å². The highest BCUT2D eigenvalue weighted by Crippen LogP contribution is 2.17. The van der Waals surface area contributed by atoms with E-state index in [4.69, 9.17) is 10.8 Å². The average molecular weight is 268 g/mol. The SMILES string of the molecule is Cc1cc(N)cc(C(=O)NCCCC(C)CO)c1F. The van der Waals surface area contributed by atoms with Gasteiger partial charge in [0, 0.05) is 18.8 Å². The predicted octanol–water partition coefficient (Wildman–Crippen LogP) is 1.85. The van der Waals surface area contributed by atoms with Gasteiger partial charge in [0.15, 0.2) is 0 Å². The molecule has 0 aliphatic heterocycles. The van der Waals surface area contributed by atoms with Crippen LogP contribution in [0.15, 0.2) is 12.1 Å². The molecule has 0 aliphatic carbocycles. The Hall–Kier alpha value is -1.62. The minimum Gasteiger partial charge on any atom is -0.399 e. The van der Waals surface area contributed by atoms with Gasteiger partial charge in [-0.2, -0.15) is 0 Å². The van der Waals surface area contributed by atoms with Crippen LogP contribution in [0.2, 0.25) is 0 Å². The Balaban J connectivity index is 2.55. The van der Waals surface area contributed by atoms with Crippen molar-refractivity contribution in [3.63, 3.8) is 0 Å². The van der Waals surface area contributed by atoms with Gasteiger partial charge in [0.2, 0.25) is 0 Å². The minimum absolute atomic E-state index is 0.0206. The van der Waals surface area contributed by atoms with Crippen LogP contribution in [0.5, 0.6) is 0 Å². The fraction of sp³-hybridized carbons (Fsp3) is 0.500. The van der Waals surface area contributed by atoms with Crippen molar-refractivity contribution in [3.8, 4) is 0 Å². The van der Waals surface area contributed by atoms with Gasteiger partial charge in [-0.05, 0) is 43.4 Å². The lowest BCUT2D eigenvalue weighted by Crippen LogP contribution is -2.26. The third-order valence-corrected chi connectivity index (χ3v) is 2.99. The van der Waals surface area contributed by atoms with E-state index in [-0.39, 0.29) is 18.1 Å². The van der Waals surface area contributed by atoms with E-state index < -0.39 is 11.7 Å². The maximum Gasteiger partial charge on any atom is 0.254 e. The van der Waals surface area contributed by atoms with Crippen molar-refractivity contribution < 1.29 is 14.3 Å². The zero-order chi connectivity index (χ0) is 14.4. The number of aliphatic hydroxyl groups is 1. The van der Waals surface area contributed by atoms with Gasteiger partial charge in [-0.1, -0.05) is 6.92 Å². The first kappa shape index (κ1) is 15.4. The van der Waals surface area contributed by atoms with Gasteiger partial charge in [-0.25, -0.2) is 4.39 Å². The quantitative estimate of drug-likeness (QED) is 0.544. The highest BCUT2D eigenvalue weighted by molar-refractivity contribution is 5.95. The second kappa shape index (κ2) is 7.09. The van der Waals surface area contributed by atoms with E-state index in [1.165, 1.54) is 12.1 Å². The van der Waals surface area contributed by atoms with Crippen molar-refractivity contribution in [1.29, 1.82) is 0 Å². The second-order valence-electron chi connectivity index (χ2n) is 4.89. The summed E-state index contributed by atoms with van der Waals surface area (Å²) < 4.78 is 13.8. The summed E-state index contributed by atoms with van der Waals surface area (Å²) in [6.07, 6.45) is 1.56. The molecule has 0 aliphatic rings. The third kappa shape index (κ3) is 4.52. The number of rotatable bonds is 6. The number of aliphatic hydroxyl groups excluding tert-OH is 1. The molecule has 1 aromatic rings. The molecule has 5 heteroatoms. The summed E-state index contributed by atoms with van der Waals surface area (Å²) in [7, 11) is 0. The lowest BCUT2D eigenvalue weighted by molar-refractivity contribution is 0.0948. The summed E-state index contributed by atoms with van der Waals surface area (Å²) in [5.41, 5.74) is 6.32. The summed E-state index contributed by atoms with van der Waals surface area (Å²) in [4.78, 5) is 11.8. The number of hydrogen-bond donors (Lipinski definition) is 3. The maximum atomic E-state index is 13.8. The van der Waals surface area contributed by atoms with Crippen LogP contribution in [-0.4, -0.2) is 24.2 Å². The number of nitrogen functional groups attached to an aromatic ring is 1. The molecule has 106 valence electrons. The lowest BCUT2D eigenvalue weighted by Gasteiger charge is -2.10. The van der Waals surface area contributed by atoms with Gasteiger partial charge in [-0.15, -0.1) is 0 Å². The van der Waals surface area contributed by atoms with Crippen LogP contribution in [0, 0.1) is 18.7 Å². The van der Waals surface area contributed by atoms with Gasteiger partial charge in [0.25, 0.3) is 5.91 Å². The van der Waals surface area contributed by atoms with Crippen molar-refractivity contribution in [1.82, 2.24) is 5.32 Å². The molecule has 0 aromatic heterocycles. The standard InChI is InChI=1S/C14H21FN2O2/c1-9(8-18)4-3-5-17-14(19)12-7-11(16)6-10(2)13(12)15/h6-7,9,18H,3-5,8,16H2,1-2H3,(H,17,19). The molecule has 0 saturated carbocycles. The average Bonchev–Trinajstić information content (AvgIpc) is 2.38. The van der Waals surface area contributed by atoms with Gasteiger partial charge in [0.05, 0.1) is 5.56 Å². The minimum atomic E-state index is -0.532.